The molecule has 0 bridgehead atoms. The Hall–Kier alpha value is -0.160. The number of ether oxygens (including phenoxy) is 2. The van der Waals surface area contributed by atoms with Crippen LogP contribution in [0.1, 0.15) is 110 Å². The van der Waals surface area contributed by atoms with Crippen LogP contribution in [0, 0.1) is 17.3 Å². The van der Waals surface area contributed by atoms with Crippen LogP contribution in [0.4, 0.5) is 0 Å². The van der Waals surface area contributed by atoms with Gasteiger partial charge >= 0.3 is 0 Å². The molecule has 0 aliphatic heterocycles. The van der Waals surface area contributed by atoms with E-state index in [1.807, 2.05) is 0 Å². The molecule has 0 aromatic rings. The number of aliphatic hydroxyl groups is 2. The van der Waals surface area contributed by atoms with E-state index < -0.39 is 0 Å². The summed E-state index contributed by atoms with van der Waals surface area (Å²) >= 11 is 0. The highest BCUT2D eigenvalue weighted by Crippen LogP contribution is 2.49. The van der Waals surface area contributed by atoms with Gasteiger partial charge in [-0.25, -0.2) is 0 Å². The summed E-state index contributed by atoms with van der Waals surface area (Å²) in [5.41, 5.74) is 0.411. The van der Waals surface area contributed by atoms with Gasteiger partial charge in [-0.15, -0.1) is 0 Å². The average molecular weight is 423 g/mol. The lowest BCUT2D eigenvalue weighted by atomic mass is 9.60. The van der Waals surface area contributed by atoms with Crippen LogP contribution in [0.5, 0.6) is 0 Å². The third kappa shape index (κ3) is 5.79. The fourth-order valence-corrected chi connectivity index (χ4v) is 6.99. The van der Waals surface area contributed by atoms with Crippen LogP contribution in [0.3, 0.4) is 0 Å². The Morgan fingerprint density at radius 3 is 1.30 bits per heavy atom. The second-order valence-corrected chi connectivity index (χ2v) is 11.6. The molecule has 174 valence electrons. The van der Waals surface area contributed by atoms with Crippen molar-refractivity contribution in [3.63, 3.8) is 0 Å². The molecule has 0 heterocycles. The zero-order chi connectivity index (χ0) is 21.1. The van der Waals surface area contributed by atoms with Gasteiger partial charge in [0.15, 0.2) is 0 Å². The van der Waals surface area contributed by atoms with E-state index >= 15 is 0 Å². The first-order valence-electron chi connectivity index (χ1n) is 13.1. The van der Waals surface area contributed by atoms with Gasteiger partial charge in [0.05, 0.1) is 36.6 Å². The minimum Gasteiger partial charge on any atom is -0.393 e. The monoisotopic (exact) mass is 422 g/mol. The smallest absolute Gasteiger partial charge is 0.0604 e. The minimum atomic E-state index is -0.130. The summed E-state index contributed by atoms with van der Waals surface area (Å²) in [6.07, 6.45) is 18.1. The summed E-state index contributed by atoms with van der Waals surface area (Å²) in [4.78, 5) is 0. The van der Waals surface area contributed by atoms with Gasteiger partial charge in [0.2, 0.25) is 0 Å². The van der Waals surface area contributed by atoms with Crippen molar-refractivity contribution < 1.29 is 19.7 Å². The standard InChI is InChI=1S/C26H46O4/c1-26(2,19-5-12-23(13-6-19)30-25-16-9-21(28)17-25)18-3-10-22(11-4-18)29-24-14-7-20(27)8-15-24/h18-25,27-28H,3-17H2,1-2H3. The fraction of sp³-hybridized carbons (Fsp3) is 1.00. The maximum absolute atomic E-state index is 9.74. The van der Waals surface area contributed by atoms with Crippen LogP contribution in [0.25, 0.3) is 0 Å². The van der Waals surface area contributed by atoms with Crippen molar-refractivity contribution in [1.29, 1.82) is 0 Å². The molecule has 4 fully saturated rings. The lowest BCUT2D eigenvalue weighted by Crippen LogP contribution is -2.40. The van der Waals surface area contributed by atoms with Crippen LogP contribution < -0.4 is 0 Å². The Morgan fingerprint density at radius 1 is 0.500 bits per heavy atom. The summed E-state index contributed by atoms with van der Waals surface area (Å²) < 4.78 is 12.8. The summed E-state index contributed by atoms with van der Waals surface area (Å²) in [5.74, 6) is 1.63. The number of hydrogen-bond donors (Lipinski definition) is 2. The summed E-state index contributed by atoms with van der Waals surface area (Å²) in [7, 11) is 0. The molecule has 2 N–H and O–H groups in total. The first-order valence-corrected chi connectivity index (χ1v) is 13.1. The highest BCUT2D eigenvalue weighted by atomic mass is 16.5. The van der Waals surface area contributed by atoms with Crippen LogP contribution in [-0.4, -0.2) is 46.8 Å². The van der Waals surface area contributed by atoms with Crippen molar-refractivity contribution in [1.82, 2.24) is 0 Å². The topological polar surface area (TPSA) is 58.9 Å². The Bertz CT molecular complexity index is 511. The van der Waals surface area contributed by atoms with Crippen molar-refractivity contribution in [3.8, 4) is 0 Å². The van der Waals surface area contributed by atoms with E-state index in [0.29, 0.717) is 29.8 Å². The highest BCUT2D eigenvalue weighted by Gasteiger charge is 2.41. The van der Waals surface area contributed by atoms with Gasteiger partial charge in [-0.1, -0.05) is 13.8 Å². The van der Waals surface area contributed by atoms with Gasteiger partial charge in [0, 0.05) is 0 Å². The molecule has 2 atom stereocenters. The van der Waals surface area contributed by atoms with Crippen LogP contribution in [0.2, 0.25) is 0 Å². The quantitative estimate of drug-likeness (QED) is 0.603. The summed E-state index contributed by atoms with van der Waals surface area (Å²) in [6.45, 7) is 5.06. The highest BCUT2D eigenvalue weighted by molar-refractivity contribution is 4.91. The van der Waals surface area contributed by atoms with Crippen molar-refractivity contribution in [2.24, 2.45) is 17.3 Å². The molecule has 0 spiro atoms. The molecule has 4 aliphatic carbocycles. The van der Waals surface area contributed by atoms with E-state index in [0.717, 1.165) is 56.8 Å². The Kier molecular flexibility index (Phi) is 7.82. The lowest BCUT2D eigenvalue weighted by Gasteiger charge is -2.47. The van der Waals surface area contributed by atoms with E-state index in [-0.39, 0.29) is 12.2 Å². The minimum absolute atomic E-state index is 0.0911. The van der Waals surface area contributed by atoms with Crippen LogP contribution in [-0.2, 0) is 9.47 Å². The van der Waals surface area contributed by atoms with Crippen LogP contribution >= 0.6 is 0 Å². The molecule has 4 saturated carbocycles. The van der Waals surface area contributed by atoms with Gasteiger partial charge in [-0.3, -0.25) is 0 Å². The molecule has 4 nitrogen and oxygen atoms in total. The zero-order valence-corrected chi connectivity index (χ0v) is 19.4. The van der Waals surface area contributed by atoms with Crippen molar-refractivity contribution in [2.45, 2.75) is 147 Å². The number of hydrogen-bond acceptors (Lipinski definition) is 4. The third-order valence-electron chi connectivity index (χ3n) is 9.22. The van der Waals surface area contributed by atoms with Gasteiger partial charge in [-0.2, -0.15) is 0 Å². The Labute approximate surface area is 184 Å². The normalized spacial score (nSPS) is 43.6. The van der Waals surface area contributed by atoms with E-state index in [2.05, 4.69) is 13.8 Å². The van der Waals surface area contributed by atoms with Gasteiger partial charge in [0.1, 0.15) is 0 Å². The van der Waals surface area contributed by atoms with Gasteiger partial charge in [-0.05, 0) is 114 Å². The molecule has 0 saturated heterocycles. The second kappa shape index (κ2) is 10.2. The number of aliphatic hydroxyl groups excluding tert-OH is 2. The summed E-state index contributed by atoms with van der Waals surface area (Å²) in [5, 5.41) is 19.4. The van der Waals surface area contributed by atoms with E-state index in [1.165, 1.54) is 51.4 Å². The lowest BCUT2D eigenvalue weighted by molar-refractivity contribution is -0.0811. The maximum atomic E-state index is 9.74. The molecule has 0 aromatic heterocycles. The molecule has 30 heavy (non-hydrogen) atoms. The molecule has 0 aromatic carbocycles. The van der Waals surface area contributed by atoms with E-state index in [1.54, 1.807) is 0 Å². The number of rotatable bonds is 6. The summed E-state index contributed by atoms with van der Waals surface area (Å²) in [6, 6.07) is 0. The predicted octanol–water partition coefficient (Wildman–Crippen LogP) is 5.38. The van der Waals surface area contributed by atoms with Gasteiger partial charge < -0.3 is 19.7 Å². The Balaban J connectivity index is 1.18. The van der Waals surface area contributed by atoms with Gasteiger partial charge in [0.25, 0.3) is 0 Å². The van der Waals surface area contributed by atoms with Crippen molar-refractivity contribution in [3.05, 3.63) is 0 Å². The zero-order valence-electron chi connectivity index (χ0n) is 19.4. The average Bonchev–Trinajstić information content (AvgIpc) is 3.15. The molecule has 4 aliphatic rings. The van der Waals surface area contributed by atoms with E-state index in [9.17, 15) is 10.2 Å². The third-order valence-corrected chi connectivity index (χ3v) is 9.22. The molecule has 0 radical (unpaired) electrons. The maximum Gasteiger partial charge on any atom is 0.0604 e. The molecule has 0 amide bonds. The first-order chi connectivity index (χ1) is 14.4. The molecule has 2 unspecified atom stereocenters. The predicted molar refractivity (Wildman–Crippen MR) is 119 cm³/mol. The SMILES string of the molecule is CC(C)(C1CCC(OC2CCC(O)CC2)CC1)C1CCC(OC2CCC(O)C2)CC1. The molecule has 4 rings (SSSR count). The molecular weight excluding hydrogens is 376 g/mol. The van der Waals surface area contributed by atoms with Crippen molar-refractivity contribution in [2.75, 3.05) is 0 Å². The molecular formula is C26H46O4. The largest absolute Gasteiger partial charge is 0.393 e. The van der Waals surface area contributed by atoms with E-state index in [4.69, 9.17) is 9.47 Å². The van der Waals surface area contributed by atoms with Crippen molar-refractivity contribution >= 4 is 0 Å². The fourth-order valence-electron chi connectivity index (χ4n) is 6.99. The second-order valence-electron chi connectivity index (χ2n) is 11.6. The first kappa shape index (κ1) is 23.0. The van der Waals surface area contributed by atoms with Crippen LogP contribution in [0.15, 0.2) is 0 Å². The molecule has 4 heteroatoms. The Morgan fingerprint density at radius 2 is 0.867 bits per heavy atom.